The van der Waals surface area contributed by atoms with Crippen LogP contribution in [0.3, 0.4) is 0 Å². The van der Waals surface area contributed by atoms with E-state index in [-0.39, 0.29) is 18.5 Å². The smallest absolute Gasteiger partial charge is 0.410 e. The lowest BCUT2D eigenvalue weighted by atomic mass is 10.1. The fourth-order valence-electron chi connectivity index (χ4n) is 2.30. The first-order valence-electron chi connectivity index (χ1n) is 7.78. The van der Waals surface area contributed by atoms with Gasteiger partial charge in [-0.25, -0.2) is 4.79 Å². The third kappa shape index (κ3) is 5.43. The van der Waals surface area contributed by atoms with E-state index >= 15 is 0 Å². The summed E-state index contributed by atoms with van der Waals surface area (Å²) in [6, 6.07) is 7.13. The van der Waals surface area contributed by atoms with Gasteiger partial charge in [-0.1, -0.05) is 37.6 Å². The summed E-state index contributed by atoms with van der Waals surface area (Å²) in [6.45, 7) is 5.45. The molecule has 0 spiro atoms. The normalized spacial score (nSPS) is 17.4. The molecule has 1 unspecified atom stereocenters. The van der Waals surface area contributed by atoms with Gasteiger partial charge < -0.3 is 14.4 Å². The van der Waals surface area contributed by atoms with Crippen LogP contribution in [0.25, 0.3) is 0 Å². The van der Waals surface area contributed by atoms with Crippen LogP contribution in [-0.4, -0.2) is 36.7 Å². The van der Waals surface area contributed by atoms with Crippen molar-refractivity contribution in [3.8, 4) is 0 Å². The maximum atomic E-state index is 12.0. The van der Waals surface area contributed by atoms with Crippen molar-refractivity contribution >= 4 is 23.7 Å². The molecule has 1 aliphatic rings. The van der Waals surface area contributed by atoms with Crippen LogP contribution >= 0.6 is 11.6 Å². The SMILES string of the molecule is CC(C)COC(=O)C1CCN(C(=O)OCc2ccc(Cl)cc2)C1. The van der Waals surface area contributed by atoms with Crippen molar-refractivity contribution in [1.82, 2.24) is 4.90 Å². The van der Waals surface area contributed by atoms with Crippen molar-refractivity contribution < 1.29 is 19.1 Å². The minimum absolute atomic E-state index is 0.189. The largest absolute Gasteiger partial charge is 0.465 e. The molecule has 0 aromatic heterocycles. The number of hydrogen-bond acceptors (Lipinski definition) is 4. The predicted octanol–water partition coefficient (Wildman–Crippen LogP) is 3.50. The van der Waals surface area contributed by atoms with Gasteiger partial charge >= 0.3 is 12.1 Å². The van der Waals surface area contributed by atoms with E-state index in [2.05, 4.69) is 0 Å². The van der Waals surface area contributed by atoms with Crippen LogP contribution in [-0.2, 0) is 20.9 Å². The van der Waals surface area contributed by atoms with Crippen LogP contribution in [0.1, 0.15) is 25.8 Å². The standard InChI is InChI=1S/C17H22ClNO4/c1-12(2)10-22-16(20)14-7-8-19(9-14)17(21)23-11-13-3-5-15(18)6-4-13/h3-6,12,14H,7-11H2,1-2H3. The van der Waals surface area contributed by atoms with E-state index < -0.39 is 6.09 Å². The number of ether oxygens (including phenoxy) is 2. The van der Waals surface area contributed by atoms with Gasteiger partial charge in [0.25, 0.3) is 0 Å². The van der Waals surface area contributed by atoms with E-state index in [0.29, 0.717) is 37.1 Å². The van der Waals surface area contributed by atoms with E-state index in [1.807, 2.05) is 26.0 Å². The monoisotopic (exact) mass is 339 g/mol. The Balaban J connectivity index is 1.76. The summed E-state index contributed by atoms with van der Waals surface area (Å²) in [5, 5.41) is 0.641. The van der Waals surface area contributed by atoms with Gasteiger partial charge in [0, 0.05) is 18.1 Å². The zero-order chi connectivity index (χ0) is 16.8. The molecule has 1 fully saturated rings. The minimum Gasteiger partial charge on any atom is -0.465 e. The molecule has 0 saturated carbocycles. The highest BCUT2D eigenvalue weighted by molar-refractivity contribution is 6.30. The van der Waals surface area contributed by atoms with E-state index in [1.54, 1.807) is 17.0 Å². The molecule has 1 aromatic rings. The molecule has 0 aliphatic carbocycles. The molecular formula is C17H22ClNO4. The zero-order valence-electron chi connectivity index (χ0n) is 13.5. The molecular weight excluding hydrogens is 318 g/mol. The first kappa shape index (κ1) is 17.6. The van der Waals surface area contributed by atoms with Crippen molar-refractivity contribution in [2.75, 3.05) is 19.7 Å². The van der Waals surface area contributed by atoms with E-state index in [4.69, 9.17) is 21.1 Å². The maximum absolute atomic E-state index is 12.0. The molecule has 0 radical (unpaired) electrons. The summed E-state index contributed by atoms with van der Waals surface area (Å²) in [7, 11) is 0. The van der Waals surface area contributed by atoms with Crippen LogP contribution in [0.15, 0.2) is 24.3 Å². The summed E-state index contributed by atoms with van der Waals surface area (Å²) in [5.41, 5.74) is 0.870. The molecule has 1 saturated heterocycles. The molecule has 6 heteroatoms. The number of esters is 1. The van der Waals surface area contributed by atoms with Crippen molar-refractivity contribution in [1.29, 1.82) is 0 Å². The first-order valence-corrected chi connectivity index (χ1v) is 8.16. The molecule has 126 valence electrons. The van der Waals surface area contributed by atoms with Crippen LogP contribution in [0.4, 0.5) is 4.79 Å². The Morgan fingerprint density at radius 2 is 1.96 bits per heavy atom. The Labute approximate surface area is 141 Å². The number of amides is 1. The van der Waals surface area contributed by atoms with Crippen molar-refractivity contribution in [3.63, 3.8) is 0 Å². The maximum Gasteiger partial charge on any atom is 0.410 e. The van der Waals surface area contributed by atoms with Crippen molar-refractivity contribution in [2.24, 2.45) is 11.8 Å². The third-order valence-electron chi connectivity index (χ3n) is 3.61. The zero-order valence-corrected chi connectivity index (χ0v) is 14.2. The number of nitrogens with zero attached hydrogens (tertiary/aromatic N) is 1. The number of carbonyl (C=O) groups is 2. The highest BCUT2D eigenvalue weighted by Crippen LogP contribution is 2.19. The quantitative estimate of drug-likeness (QED) is 0.770. The van der Waals surface area contributed by atoms with E-state index in [9.17, 15) is 9.59 Å². The van der Waals surface area contributed by atoms with E-state index in [1.165, 1.54) is 0 Å². The third-order valence-corrected chi connectivity index (χ3v) is 3.87. The van der Waals surface area contributed by atoms with Crippen LogP contribution < -0.4 is 0 Å². The van der Waals surface area contributed by atoms with Gasteiger partial charge in [-0.05, 0) is 30.0 Å². The van der Waals surface area contributed by atoms with E-state index in [0.717, 1.165) is 5.56 Å². The molecule has 1 aliphatic heterocycles. The molecule has 2 rings (SSSR count). The summed E-state index contributed by atoms with van der Waals surface area (Å²) < 4.78 is 10.5. The average molecular weight is 340 g/mol. The Morgan fingerprint density at radius 3 is 2.61 bits per heavy atom. The first-order chi connectivity index (χ1) is 11.0. The molecule has 1 heterocycles. The molecule has 23 heavy (non-hydrogen) atoms. The fraction of sp³-hybridized carbons (Fsp3) is 0.529. The van der Waals surface area contributed by atoms with Gasteiger partial charge in [-0.2, -0.15) is 0 Å². The van der Waals surface area contributed by atoms with Crippen molar-refractivity contribution in [2.45, 2.75) is 26.9 Å². The highest BCUT2D eigenvalue weighted by Gasteiger charge is 2.33. The summed E-state index contributed by atoms with van der Waals surface area (Å²) in [6.07, 6.45) is 0.214. The number of benzene rings is 1. The van der Waals surface area contributed by atoms with Crippen LogP contribution in [0.2, 0.25) is 5.02 Å². The topological polar surface area (TPSA) is 55.8 Å². The lowest BCUT2D eigenvalue weighted by molar-refractivity contribution is -0.149. The second-order valence-corrected chi connectivity index (χ2v) is 6.57. The molecule has 0 bridgehead atoms. The highest BCUT2D eigenvalue weighted by atomic mass is 35.5. The second-order valence-electron chi connectivity index (χ2n) is 6.14. The molecule has 1 atom stereocenters. The van der Waals surface area contributed by atoms with Gasteiger partial charge in [0.2, 0.25) is 0 Å². The summed E-state index contributed by atoms with van der Waals surface area (Å²) in [4.78, 5) is 25.5. The molecule has 1 amide bonds. The number of likely N-dealkylation sites (tertiary alicyclic amines) is 1. The summed E-state index contributed by atoms with van der Waals surface area (Å²) >= 11 is 5.81. The Kier molecular flexibility index (Phi) is 6.28. The molecule has 5 nitrogen and oxygen atoms in total. The van der Waals surface area contributed by atoms with Gasteiger partial charge in [0.1, 0.15) is 6.61 Å². The fourth-order valence-corrected chi connectivity index (χ4v) is 2.43. The van der Waals surface area contributed by atoms with Crippen LogP contribution in [0, 0.1) is 11.8 Å². The van der Waals surface area contributed by atoms with Gasteiger partial charge in [-0.3, -0.25) is 4.79 Å². The van der Waals surface area contributed by atoms with Gasteiger partial charge in [0.15, 0.2) is 0 Å². The van der Waals surface area contributed by atoms with Crippen molar-refractivity contribution in [3.05, 3.63) is 34.9 Å². The predicted molar refractivity (Wildman–Crippen MR) is 87.1 cm³/mol. The Morgan fingerprint density at radius 1 is 1.26 bits per heavy atom. The summed E-state index contributed by atoms with van der Waals surface area (Å²) in [5.74, 6) is -0.177. The molecule has 0 N–H and O–H groups in total. The Hall–Kier alpha value is -1.75. The number of halogens is 1. The molecule has 1 aromatic carbocycles. The number of rotatable bonds is 5. The lowest BCUT2D eigenvalue weighted by Gasteiger charge is -2.16. The number of hydrogen-bond donors (Lipinski definition) is 0. The van der Waals surface area contributed by atoms with Gasteiger partial charge in [0.05, 0.1) is 12.5 Å². The Bertz CT molecular complexity index is 544. The second kappa shape index (κ2) is 8.20. The van der Waals surface area contributed by atoms with Crippen LogP contribution in [0.5, 0.6) is 0 Å². The average Bonchev–Trinajstić information content (AvgIpc) is 3.02. The lowest BCUT2D eigenvalue weighted by Crippen LogP contribution is -2.31. The minimum atomic E-state index is -0.404. The number of carbonyl (C=O) groups excluding carboxylic acids is 2. The van der Waals surface area contributed by atoms with Gasteiger partial charge in [-0.15, -0.1) is 0 Å².